The lowest BCUT2D eigenvalue weighted by Gasteiger charge is -2.34. The lowest BCUT2D eigenvalue weighted by atomic mass is 9.77. The zero-order valence-corrected chi connectivity index (χ0v) is 12.3. The van der Waals surface area contributed by atoms with Gasteiger partial charge in [0.2, 0.25) is 0 Å². The monoisotopic (exact) mass is 276 g/mol. The Balaban J connectivity index is 2.03. The Bertz CT molecular complexity index is 573. The minimum atomic E-state index is 0.280. The average Bonchev–Trinajstić information content (AvgIpc) is 2.91. The van der Waals surface area contributed by atoms with Crippen molar-refractivity contribution >= 4 is 21.6 Å². The van der Waals surface area contributed by atoms with Crippen molar-refractivity contribution in [2.24, 2.45) is 0 Å². The smallest absolute Gasteiger partial charge is 0.120 e. The second kappa shape index (κ2) is 5.10. The normalized spacial score (nSPS) is 18.6. The third-order valence-electron chi connectivity index (χ3n) is 4.29. The van der Waals surface area contributed by atoms with Gasteiger partial charge < -0.3 is 10.1 Å². The third kappa shape index (κ3) is 2.23. The molecule has 19 heavy (non-hydrogen) atoms. The number of benzene rings is 1. The molecular weight excluding hydrogens is 256 g/mol. The van der Waals surface area contributed by atoms with Crippen LogP contribution < -0.4 is 10.1 Å². The molecule has 1 saturated heterocycles. The first-order chi connectivity index (χ1) is 9.27. The topological polar surface area (TPSA) is 34.1 Å². The Morgan fingerprint density at radius 2 is 2.16 bits per heavy atom. The van der Waals surface area contributed by atoms with Gasteiger partial charge in [-0.1, -0.05) is 6.92 Å². The van der Waals surface area contributed by atoms with Crippen LogP contribution in [0.4, 0.5) is 0 Å². The molecule has 2 aromatic rings. The van der Waals surface area contributed by atoms with E-state index in [4.69, 9.17) is 9.72 Å². The Hall–Kier alpha value is -1.13. The van der Waals surface area contributed by atoms with Gasteiger partial charge in [0.15, 0.2) is 0 Å². The van der Waals surface area contributed by atoms with E-state index < -0.39 is 0 Å². The number of aromatic nitrogens is 1. The maximum Gasteiger partial charge on any atom is 0.120 e. The van der Waals surface area contributed by atoms with Gasteiger partial charge in [-0.2, -0.15) is 0 Å². The van der Waals surface area contributed by atoms with Gasteiger partial charge in [-0.3, -0.25) is 0 Å². The number of nitrogens with zero attached hydrogens (tertiary/aromatic N) is 1. The van der Waals surface area contributed by atoms with Crippen molar-refractivity contribution < 1.29 is 4.74 Å². The van der Waals surface area contributed by atoms with Crippen LogP contribution in [-0.4, -0.2) is 25.2 Å². The summed E-state index contributed by atoms with van der Waals surface area (Å²) in [5, 5.41) is 4.76. The molecule has 3 rings (SSSR count). The molecule has 1 aliphatic rings. The molecule has 1 fully saturated rings. The largest absolute Gasteiger partial charge is 0.497 e. The fraction of sp³-hybridized carbons (Fsp3) is 0.533. The molecule has 102 valence electrons. The summed E-state index contributed by atoms with van der Waals surface area (Å²) in [6.45, 7) is 4.50. The zero-order valence-electron chi connectivity index (χ0n) is 11.5. The third-order valence-corrected chi connectivity index (χ3v) is 5.55. The highest BCUT2D eigenvalue weighted by atomic mass is 32.1. The second-order valence-electron chi connectivity index (χ2n) is 5.24. The van der Waals surface area contributed by atoms with E-state index in [1.807, 2.05) is 17.4 Å². The van der Waals surface area contributed by atoms with Gasteiger partial charge >= 0.3 is 0 Å². The van der Waals surface area contributed by atoms with E-state index in [1.165, 1.54) is 29.0 Å². The number of hydrogen-bond donors (Lipinski definition) is 1. The molecule has 1 aromatic heterocycles. The molecule has 1 aliphatic heterocycles. The molecule has 0 bridgehead atoms. The Labute approximate surface area is 118 Å². The summed E-state index contributed by atoms with van der Waals surface area (Å²) in [6, 6.07) is 6.16. The van der Waals surface area contributed by atoms with Crippen molar-refractivity contribution in [1.82, 2.24) is 10.3 Å². The van der Waals surface area contributed by atoms with Crippen LogP contribution in [0.15, 0.2) is 18.2 Å². The lowest BCUT2D eigenvalue weighted by molar-refractivity contribution is 0.297. The van der Waals surface area contributed by atoms with Crippen LogP contribution in [0.2, 0.25) is 0 Å². The fourth-order valence-corrected chi connectivity index (χ4v) is 4.19. The summed E-state index contributed by atoms with van der Waals surface area (Å²) in [5.74, 6) is 0.915. The number of nitrogens with one attached hydrogen (secondary N) is 1. The Kier molecular flexibility index (Phi) is 3.46. The molecule has 0 atom stereocenters. The molecule has 0 aliphatic carbocycles. The molecule has 4 heteroatoms. The van der Waals surface area contributed by atoms with Gasteiger partial charge in [0, 0.05) is 5.41 Å². The second-order valence-corrected chi connectivity index (χ2v) is 6.27. The van der Waals surface area contributed by atoms with Crippen LogP contribution >= 0.6 is 11.3 Å². The summed E-state index contributed by atoms with van der Waals surface area (Å²) >= 11 is 1.84. The van der Waals surface area contributed by atoms with Gasteiger partial charge in [0.1, 0.15) is 10.8 Å². The van der Waals surface area contributed by atoms with E-state index >= 15 is 0 Å². The number of methoxy groups -OCH3 is 1. The van der Waals surface area contributed by atoms with Gasteiger partial charge in [-0.05, 0) is 50.6 Å². The van der Waals surface area contributed by atoms with Gasteiger partial charge in [-0.25, -0.2) is 4.98 Å². The van der Waals surface area contributed by atoms with Gasteiger partial charge in [0.25, 0.3) is 0 Å². The van der Waals surface area contributed by atoms with Crippen molar-refractivity contribution in [3.63, 3.8) is 0 Å². The summed E-state index contributed by atoms with van der Waals surface area (Å²) in [4.78, 5) is 4.89. The van der Waals surface area contributed by atoms with Crippen LogP contribution in [0.1, 0.15) is 31.2 Å². The van der Waals surface area contributed by atoms with Gasteiger partial charge in [0.05, 0.1) is 17.3 Å². The summed E-state index contributed by atoms with van der Waals surface area (Å²) < 4.78 is 6.53. The number of thiazole rings is 1. The van der Waals surface area contributed by atoms with Crippen LogP contribution in [0.3, 0.4) is 0 Å². The molecule has 0 spiro atoms. The van der Waals surface area contributed by atoms with E-state index in [-0.39, 0.29) is 5.41 Å². The van der Waals surface area contributed by atoms with Crippen LogP contribution in [0, 0.1) is 0 Å². The number of rotatable bonds is 3. The predicted octanol–water partition coefficient (Wildman–Crippen LogP) is 3.34. The predicted molar refractivity (Wildman–Crippen MR) is 80.2 cm³/mol. The quantitative estimate of drug-likeness (QED) is 0.933. The average molecular weight is 276 g/mol. The first-order valence-electron chi connectivity index (χ1n) is 6.93. The maximum absolute atomic E-state index is 5.30. The molecule has 1 aromatic carbocycles. The highest BCUT2D eigenvalue weighted by molar-refractivity contribution is 7.18. The van der Waals surface area contributed by atoms with Crippen LogP contribution in [0.25, 0.3) is 10.2 Å². The van der Waals surface area contributed by atoms with Crippen LogP contribution in [-0.2, 0) is 5.41 Å². The lowest BCUT2D eigenvalue weighted by Crippen LogP contribution is -2.39. The van der Waals surface area contributed by atoms with Crippen molar-refractivity contribution in [3.8, 4) is 5.75 Å². The molecular formula is C15H20N2OS. The standard InChI is InChI=1S/C15H20N2OS/c1-3-15(6-8-16-9-7-15)14-17-12-5-4-11(18-2)10-13(12)19-14/h4-5,10,16H,3,6-9H2,1-2H3. The Morgan fingerprint density at radius 1 is 1.37 bits per heavy atom. The molecule has 0 radical (unpaired) electrons. The van der Waals surface area contributed by atoms with Crippen molar-refractivity contribution in [3.05, 3.63) is 23.2 Å². The summed E-state index contributed by atoms with van der Waals surface area (Å²) in [7, 11) is 1.71. The van der Waals surface area contributed by atoms with E-state index in [9.17, 15) is 0 Å². The minimum absolute atomic E-state index is 0.280. The minimum Gasteiger partial charge on any atom is -0.497 e. The number of piperidine rings is 1. The first-order valence-corrected chi connectivity index (χ1v) is 7.75. The molecule has 2 heterocycles. The van der Waals surface area contributed by atoms with E-state index in [2.05, 4.69) is 24.4 Å². The van der Waals surface area contributed by atoms with Crippen LogP contribution in [0.5, 0.6) is 5.75 Å². The van der Waals surface area contributed by atoms with Crippen molar-refractivity contribution in [2.75, 3.05) is 20.2 Å². The number of fused-ring (bicyclic) bond motifs is 1. The van der Waals surface area contributed by atoms with Crippen molar-refractivity contribution in [1.29, 1.82) is 0 Å². The number of ether oxygens (including phenoxy) is 1. The maximum atomic E-state index is 5.30. The van der Waals surface area contributed by atoms with Gasteiger partial charge in [-0.15, -0.1) is 11.3 Å². The molecule has 1 N–H and O–H groups in total. The summed E-state index contributed by atoms with van der Waals surface area (Å²) in [5.41, 5.74) is 1.38. The van der Waals surface area contributed by atoms with E-state index in [0.29, 0.717) is 0 Å². The van der Waals surface area contributed by atoms with Crippen molar-refractivity contribution in [2.45, 2.75) is 31.6 Å². The highest BCUT2D eigenvalue weighted by Crippen LogP contribution is 2.41. The molecule has 0 saturated carbocycles. The zero-order chi connectivity index (χ0) is 13.3. The van der Waals surface area contributed by atoms with E-state index in [1.54, 1.807) is 7.11 Å². The SMILES string of the molecule is CCC1(c2nc3ccc(OC)cc3s2)CCNCC1. The highest BCUT2D eigenvalue weighted by Gasteiger charge is 2.35. The Morgan fingerprint density at radius 3 is 2.84 bits per heavy atom. The molecule has 0 unspecified atom stereocenters. The van der Waals surface area contributed by atoms with E-state index in [0.717, 1.165) is 24.4 Å². The molecule has 3 nitrogen and oxygen atoms in total. The number of hydrogen-bond acceptors (Lipinski definition) is 4. The fourth-order valence-electron chi connectivity index (χ4n) is 2.88. The molecule has 0 amide bonds. The first kappa shape index (κ1) is 12.9. The summed E-state index contributed by atoms with van der Waals surface area (Å²) in [6.07, 6.45) is 3.56.